The second-order valence-electron chi connectivity index (χ2n) is 5.60. The number of ether oxygens (including phenoxy) is 1. The normalized spacial score (nSPS) is 16.7. The summed E-state index contributed by atoms with van der Waals surface area (Å²) >= 11 is 0. The quantitative estimate of drug-likeness (QED) is 0.755. The van der Waals surface area contributed by atoms with Gasteiger partial charge >= 0.3 is 6.03 Å². The summed E-state index contributed by atoms with van der Waals surface area (Å²) in [7, 11) is 0. The maximum atomic E-state index is 11.6. The van der Waals surface area contributed by atoms with E-state index < -0.39 is 0 Å². The molecule has 5 heteroatoms. The van der Waals surface area contributed by atoms with Crippen molar-refractivity contribution < 1.29 is 14.6 Å². The molecule has 116 valence electrons. The highest BCUT2D eigenvalue weighted by Crippen LogP contribution is 2.22. The Labute approximate surface area is 125 Å². The van der Waals surface area contributed by atoms with E-state index in [4.69, 9.17) is 9.84 Å². The Bertz CT molecular complexity index is 441. The van der Waals surface area contributed by atoms with E-state index in [0.29, 0.717) is 12.7 Å². The van der Waals surface area contributed by atoms with Crippen LogP contribution < -0.4 is 10.6 Å². The van der Waals surface area contributed by atoms with Gasteiger partial charge in [0.1, 0.15) is 0 Å². The van der Waals surface area contributed by atoms with Gasteiger partial charge in [0.2, 0.25) is 0 Å². The summed E-state index contributed by atoms with van der Waals surface area (Å²) in [6.07, 6.45) is 5.30. The van der Waals surface area contributed by atoms with Crippen LogP contribution in [0, 0.1) is 0 Å². The summed E-state index contributed by atoms with van der Waals surface area (Å²) in [4.78, 5) is 11.6. The van der Waals surface area contributed by atoms with Gasteiger partial charge in [-0.3, -0.25) is 0 Å². The number of hydrogen-bond acceptors (Lipinski definition) is 3. The van der Waals surface area contributed by atoms with Crippen LogP contribution in [0.4, 0.5) is 10.5 Å². The van der Waals surface area contributed by atoms with Gasteiger partial charge in [0.05, 0.1) is 25.4 Å². The second-order valence-corrected chi connectivity index (χ2v) is 5.60. The fourth-order valence-corrected chi connectivity index (χ4v) is 2.39. The zero-order valence-electron chi connectivity index (χ0n) is 12.5. The standard InChI is InChI=1S/C16H24N2O3/c1-12(10-19)17-16(20)18-14-8-6-13(7-9-14)11-21-15-4-2-3-5-15/h6-9,12,15,19H,2-5,10-11H2,1H3,(H2,17,18,20)/t12-/m1/s1. The summed E-state index contributed by atoms with van der Waals surface area (Å²) in [5.41, 5.74) is 1.83. The predicted octanol–water partition coefficient (Wildman–Crippen LogP) is 2.65. The van der Waals surface area contributed by atoms with Crippen molar-refractivity contribution in [1.29, 1.82) is 0 Å². The Morgan fingerprint density at radius 1 is 1.33 bits per heavy atom. The minimum absolute atomic E-state index is 0.0785. The molecular formula is C16H24N2O3. The maximum absolute atomic E-state index is 11.6. The lowest BCUT2D eigenvalue weighted by molar-refractivity contribution is 0.0457. The zero-order valence-corrected chi connectivity index (χ0v) is 12.5. The van der Waals surface area contributed by atoms with E-state index in [1.807, 2.05) is 24.3 Å². The van der Waals surface area contributed by atoms with Crippen molar-refractivity contribution in [3.05, 3.63) is 29.8 Å². The highest BCUT2D eigenvalue weighted by Gasteiger charge is 2.15. The molecule has 3 N–H and O–H groups in total. The van der Waals surface area contributed by atoms with Crippen molar-refractivity contribution in [2.45, 2.75) is 51.4 Å². The monoisotopic (exact) mass is 292 g/mol. The van der Waals surface area contributed by atoms with Gasteiger partial charge in [0.25, 0.3) is 0 Å². The number of rotatable bonds is 6. The molecule has 0 heterocycles. The number of benzene rings is 1. The highest BCUT2D eigenvalue weighted by atomic mass is 16.5. The predicted molar refractivity (Wildman–Crippen MR) is 82.2 cm³/mol. The topological polar surface area (TPSA) is 70.6 Å². The van der Waals surface area contributed by atoms with E-state index in [9.17, 15) is 4.79 Å². The molecule has 1 aromatic carbocycles. The van der Waals surface area contributed by atoms with Gasteiger partial charge in [-0.05, 0) is 37.5 Å². The van der Waals surface area contributed by atoms with Crippen molar-refractivity contribution in [3.63, 3.8) is 0 Å². The molecular weight excluding hydrogens is 268 g/mol. The molecule has 0 unspecified atom stereocenters. The zero-order chi connectivity index (χ0) is 15.1. The molecule has 1 aromatic rings. The summed E-state index contributed by atoms with van der Waals surface area (Å²) in [5.74, 6) is 0. The van der Waals surface area contributed by atoms with E-state index >= 15 is 0 Å². The number of carbonyl (C=O) groups is 1. The molecule has 1 aliphatic carbocycles. The number of aliphatic hydroxyl groups excluding tert-OH is 1. The summed E-state index contributed by atoms with van der Waals surface area (Å²) in [5, 5.41) is 14.2. The molecule has 0 spiro atoms. The summed E-state index contributed by atoms with van der Waals surface area (Å²) < 4.78 is 5.85. The molecule has 0 aliphatic heterocycles. The summed E-state index contributed by atoms with van der Waals surface area (Å²) in [6, 6.07) is 7.06. The lowest BCUT2D eigenvalue weighted by Gasteiger charge is -2.13. The number of anilines is 1. The van der Waals surface area contributed by atoms with Crippen molar-refractivity contribution in [2.75, 3.05) is 11.9 Å². The molecule has 5 nitrogen and oxygen atoms in total. The van der Waals surface area contributed by atoms with Gasteiger partial charge in [-0.1, -0.05) is 25.0 Å². The average molecular weight is 292 g/mol. The molecule has 0 radical (unpaired) electrons. The molecule has 1 fully saturated rings. The van der Waals surface area contributed by atoms with Crippen LogP contribution >= 0.6 is 0 Å². The van der Waals surface area contributed by atoms with Gasteiger partial charge in [-0.15, -0.1) is 0 Å². The first-order valence-corrected chi connectivity index (χ1v) is 7.56. The van der Waals surface area contributed by atoms with E-state index in [0.717, 1.165) is 11.3 Å². The van der Waals surface area contributed by atoms with Gasteiger partial charge in [-0.2, -0.15) is 0 Å². The number of amides is 2. The lowest BCUT2D eigenvalue weighted by atomic mass is 10.2. The SMILES string of the molecule is C[C@H](CO)NC(=O)Nc1ccc(COC2CCCC2)cc1. The van der Waals surface area contributed by atoms with Crippen molar-refractivity contribution in [1.82, 2.24) is 5.32 Å². The van der Waals surface area contributed by atoms with Crippen molar-refractivity contribution in [3.8, 4) is 0 Å². The molecule has 2 rings (SSSR count). The van der Waals surface area contributed by atoms with Gasteiger partial charge in [0.15, 0.2) is 0 Å². The Morgan fingerprint density at radius 3 is 2.62 bits per heavy atom. The molecule has 0 bridgehead atoms. The van der Waals surface area contributed by atoms with Crippen LogP contribution in [0.2, 0.25) is 0 Å². The molecule has 1 aliphatic rings. The van der Waals surface area contributed by atoms with Crippen molar-refractivity contribution in [2.24, 2.45) is 0 Å². The molecule has 1 saturated carbocycles. The van der Waals surface area contributed by atoms with Crippen LogP contribution in [0.5, 0.6) is 0 Å². The number of carbonyl (C=O) groups excluding carboxylic acids is 1. The Balaban J connectivity index is 1.77. The molecule has 2 amide bonds. The van der Waals surface area contributed by atoms with E-state index in [2.05, 4.69) is 10.6 Å². The molecule has 1 atom stereocenters. The number of aliphatic hydroxyl groups is 1. The fraction of sp³-hybridized carbons (Fsp3) is 0.562. The Kier molecular flexibility index (Phi) is 6.02. The Hall–Kier alpha value is -1.59. The van der Waals surface area contributed by atoms with Crippen LogP contribution in [0.1, 0.15) is 38.2 Å². The van der Waals surface area contributed by atoms with Crippen molar-refractivity contribution >= 4 is 11.7 Å². The van der Waals surface area contributed by atoms with E-state index in [-0.39, 0.29) is 18.7 Å². The number of hydrogen-bond donors (Lipinski definition) is 3. The number of nitrogens with one attached hydrogen (secondary N) is 2. The van der Waals surface area contributed by atoms with Crippen LogP contribution in [0.3, 0.4) is 0 Å². The number of urea groups is 1. The van der Waals surface area contributed by atoms with E-state index in [1.54, 1.807) is 6.92 Å². The third kappa shape index (κ3) is 5.36. The minimum Gasteiger partial charge on any atom is -0.394 e. The van der Waals surface area contributed by atoms with Crippen LogP contribution in [-0.2, 0) is 11.3 Å². The van der Waals surface area contributed by atoms with E-state index in [1.165, 1.54) is 25.7 Å². The van der Waals surface area contributed by atoms with Gasteiger partial charge < -0.3 is 20.5 Å². The smallest absolute Gasteiger partial charge is 0.319 e. The first-order valence-electron chi connectivity index (χ1n) is 7.56. The first-order chi connectivity index (χ1) is 10.2. The average Bonchev–Trinajstić information content (AvgIpc) is 2.99. The van der Waals surface area contributed by atoms with Gasteiger partial charge in [-0.25, -0.2) is 4.79 Å². The third-order valence-corrected chi connectivity index (χ3v) is 3.65. The third-order valence-electron chi connectivity index (χ3n) is 3.65. The van der Waals surface area contributed by atoms with Crippen LogP contribution in [-0.4, -0.2) is 29.9 Å². The second kappa shape index (κ2) is 8.00. The largest absolute Gasteiger partial charge is 0.394 e. The molecule has 21 heavy (non-hydrogen) atoms. The molecule has 0 aromatic heterocycles. The first kappa shape index (κ1) is 15.8. The fourth-order valence-electron chi connectivity index (χ4n) is 2.39. The maximum Gasteiger partial charge on any atom is 0.319 e. The highest BCUT2D eigenvalue weighted by molar-refractivity contribution is 5.89. The summed E-state index contributed by atoms with van der Waals surface area (Å²) in [6.45, 7) is 2.28. The molecule has 0 saturated heterocycles. The van der Waals surface area contributed by atoms with Gasteiger partial charge in [0, 0.05) is 5.69 Å². The van der Waals surface area contributed by atoms with Crippen LogP contribution in [0.25, 0.3) is 0 Å². The minimum atomic E-state index is -0.313. The Morgan fingerprint density at radius 2 is 2.00 bits per heavy atom. The van der Waals surface area contributed by atoms with Crippen LogP contribution in [0.15, 0.2) is 24.3 Å². The lowest BCUT2D eigenvalue weighted by Crippen LogP contribution is -2.38.